The molecule has 0 radical (unpaired) electrons. The molecule has 3 nitrogen and oxygen atoms in total. The maximum atomic E-state index is 11.3. The van der Waals surface area contributed by atoms with Crippen LogP contribution in [0.2, 0.25) is 0 Å². The van der Waals surface area contributed by atoms with Gasteiger partial charge in [-0.05, 0) is 9.34 Å². The van der Waals surface area contributed by atoms with Crippen molar-refractivity contribution < 1.29 is 9.34 Å². The molecule has 0 unspecified atom stereocenters. The smallest absolute Gasteiger partial charge is 0.247 e. The largest absolute Gasteiger partial charge is 0.592 e. The second-order valence-electron chi connectivity index (χ2n) is 1.68. The van der Waals surface area contributed by atoms with Crippen molar-refractivity contribution in [1.82, 2.24) is 0 Å². The molecule has 0 heterocycles. The molecule has 0 saturated carbocycles. The summed E-state index contributed by atoms with van der Waals surface area (Å²) in [6.45, 7) is 0. The van der Waals surface area contributed by atoms with Crippen molar-refractivity contribution in [2.24, 2.45) is 5.34 Å². The molecule has 0 spiro atoms. The van der Waals surface area contributed by atoms with Crippen molar-refractivity contribution in [3.05, 3.63) is 35.5 Å². The molecule has 0 N–H and O–H groups in total. The fraction of sp³-hybridized carbons (Fsp3) is 0. The maximum Gasteiger partial charge on any atom is 0.247 e. The van der Waals surface area contributed by atoms with Crippen LogP contribution in [0.1, 0.15) is 0 Å². The van der Waals surface area contributed by atoms with Gasteiger partial charge in [-0.3, -0.25) is 0 Å². The summed E-state index contributed by atoms with van der Waals surface area (Å²) >= 11 is 0. The Morgan fingerprint density at radius 3 is 2.40 bits per heavy atom. The Hall–Kier alpha value is -1.45. The minimum Gasteiger partial charge on any atom is -0.592 e. The summed E-state index contributed by atoms with van der Waals surface area (Å²) in [6.07, 6.45) is 0. The van der Waals surface area contributed by atoms with E-state index in [1.165, 1.54) is 12.1 Å². The van der Waals surface area contributed by atoms with Crippen LogP contribution in [0.15, 0.2) is 35.7 Å². The standard InChI is InChI=1S/C6H5FN2O/c7-8-9(10)6-4-2-1-3-5-6/h1-5H. The van der Waals surface area contributed by atoms with E-state index in [2.05, 4.69) is 0 Å². The minimum atomic E-state index is -0.0833. The molecule has 0 fully saturated rings. The predicted octanol–water partition coefficient (Wildman–Crippen LogP) is 2.17. The van der Waals surface area contributed by atoms with Gasteiger partial charge in [-0.2, -0.15) is 0 Å². The molecule has 0 aliphatic carbocycles. The first-order valence-corrected chi connectivity index (χ1v) is 2.69. The van der Waals surface area contributed by atoms with E-state index in [4.69, 9.17) is 0 Å². The summed E-state index contributed by atoms with van der Waals surface area (Å²) in [6, 6.07) is 7.93. The van der Waals surface area contributed by atoms with Crippen LogP contribution < -0.4 is 0 Å². The quantitative estimate of drug-likeness (QED) is 0.334. The van der Waals surface area contributed by atoms with Crippen molar-refractivity contribution in [3.63, 3.8) is 0 Å². The highest BCUT2D eigenvalue weighted by molar-refractivity contribution is 5.27. The van der Waals surface area contributed by atoms with Gasteiger partial charge in [0.1, 0.15) is 0 Å². The normalized spacial score (nSPS) is 11.5. The Labute approximate surface area is 56.9 Å². The summed E-state index contributed by atoms with van der Waals surface area (Å²) in [5, 5.41) is 12.3. The lowest BCUT2D eigenvalue weighted by molar-refractivity contribution is -0.462. The summed E-state index contributed by atoms with van der Waals surface area (Å²) in [7, 11) is 0. The SMILES string of the molecule is [O-][N+](=NF)c1ccccc1. The number of hydrogen-bond donors (Lipinski definition) is 0. The Morgan fingerprint density at radius 2 is 1.90 bits per heavy atom. The topological polar surface area (TPSA) is 38.4 Å². The third kappa shape index (κ3) is 1.28. The lowest BCUT2D eigenvalue weighted by Crippen LogP contribution is -1.86. The third-order valence-electron chi connectivity index (χ3n) is 1.05. The number of halogens is 1. The molecule has 0 aliphatic heterocycles. The van der Waals surface area contributed by atoms with Gasteiger partial charge in [-0.15, -0.1) is 0 Å². The number of para-hydroxylation sites is 1. The molecule has 4 heteroatoms. The molecule has 0 amide bonds. The van der Waals surface area contributed by atoms with Crippen LogP contribution in [0.5, 0.6) is 0 Å². The van der Waals surface area contributed by atoms with E-state index >= 15 is 0 Å². The summed E-state index contributed by atoms with van der Waals surface area (Å²) in [5.41, 5.74) is 0.185. The zero-order valence-electron chi connectivity index (χ0n) is 5.07. The third-order valence-corrected chi connectivity index (χ3v) is 1.05. The van der Waals surface area contributed by atoms with Crippen LogP contribution in [0.4, 0.5) is 10.2 Å². The van der Waals surface area contributed by atoms with Crippen molar-refractivity contribution in [3.8, 4) is 0 Å². The van der Waals surface area contributed by atoms with Gasteiger partial charge in [0.15, 0.2) is 5.34 Å². The molecule has 0 atom stereocenters. The first-order valence-electron chi connectivity index (χ1n) is 2.69. The Kier molecular flexibility index (Phi) is 1.94. The first kappa shape index (κ1) is 6.67. The predicted molar refractivity (Wildman–Crippen MR) is 33.3 cm³/mol. The molecule has 0 aromatic heterocycles. The minimum absolute atomic E-state index is 0.0833. The van der Waals surface area contributed by atoms with Gasteiger partial charge < -0.3 is 5.21 Å². The summed E-state index contributed by atoms with van der Waals surface area (Å²) in [4.78, 5) is -0.0833. The van der Waals surface area contributed by atoms with E-state index < -0.39 is 0 Å². The second kappa shape index (κ2) is 2.91. The number of rotatable bonds is 1. The van der Waals surface area contributed by atoms with Gasteiger partial charge in [0.2, 0.25) is 5.69 Å². The van der Waals surface area contributed by atoms with E-state index in [9.17, 15) is 9.69 Å². The molecule has 10 heavy (non-hydrogen) atoms. The van der Waals surface area contributed by atoms with Crippen LogP contribution in [0, 0.1) is 5.21 Å². The fourth-order valence-corrected chi connectivity index (χ4v) is 0.599. The number of nitrogens with zero attached hydrogens (tertiary/aromatic N) is 2. The maximum absolute atomic E-state index is 11.3. The molecular weight excluding hydrogens is 135 g/mol. The van der Waals surface area contributed by atoms with E-state index in [-0.39, 0.29) is 10.5 Å². The Bertz CT molecular complexity index is 235. The average molecular weight is 140 g/mol. The van der Waals surface area contributed by atoms with Crippen LogP contribution in [0.25, 0.3) is 0 Å². The Morgan fingerprint density at radius 1 is 1.30 bits per heavy atom. The molecule has 52 valence electrons. The zero-order chi connectivity index (χ0) is 7.40. The van der Waals surface area contributed by atoms with Crippen molar-refractivity contribution in [2.75, 3.05) is 0 Å². The van der Waals surface area contributed by atoms with Gasteiger partial charge in [0.05, 0.1) is 0 Å². The van der Waals surface area contributed by atoms with Crippen molar-refractivity contribution in [2.45, 2.75) is 0 Å². The van der Waals surface area contributed by atoms with Gasteiger partial charge in [-0.25, -0.2) is 0 Å². The highest BCUT2D eigenvalue weighted by Crippen LogP contribution is 2.08. The molecule has 0 saturated heterocycles. The van der Waals surface area contributed by atoms with Gasteiger partial charge >= 0.3 is 0 Å². The van der Waals surface area contributed by atoms with E-state index in [1.807, 2.05) is 5.34 Å². The first-order chi connectivity index (χ1) is 4.84. The van der Waals surface area contributed by atoms with Gasteiger partial charge in [0.25, 0.3) is 0 Å². The molecule has 0 aliphatic rings. The average Bonchev–Trinajstić information content (AvgIpc) is 2.05. The van der Waals surface area contributed by atoms with Crippen molar-refractivity contribution >= 4 is 5.69 Å². The molecular formula is C6H5FN2O. The van der Waals surface area contributed by atoms with Gasteiger partial charge in [-0.1, -0.05) is 18.2 Å². The summed E-state index contributed by atoms with van der Waals surface area (Å²) < 4.78 is 11.3. The summed E-state index contributed by atoms with van der Waals surface area (Å²) in [5.74, 6) is 0. The number of hydrogen-bond acceptors (Lipinski definition) is 2. The molecule has 0 bridgehead atoms. The van der Waals surface area contributed by atoms with Crippen LogP contribution in [-0.2, 0) is 0 Å². The van der Waals surface area contributed by atoms with Crippen LogP contribution in [0.3, 0.4) is 0 Å². The Balaban J connectivity index is 2.96. The van der Waals surface area contributed by atoms with E-state index in [1.54, 1.807) is 18.2 Å². The van der Waals surface area contributed by atoms with E-state index in [0.717, 1.165) is 0 Å². The highest BCUT2D eigenvalue weighted by atomic mass is 19.2. The fourth-order valence-electron chi connectivity index (χ4n) is 0.599. The van der Waals surface area contributed by atoms with Crippen LogP contribution >= 0.6 is 0 Å². The number of benzene rings is 1. The van der Waals surface area contributed by atoms with Crippen molar-refractivity contribution in [1.29, 1.82) is 0 Å². The lowest BCUT2D eigenvalue weighted by Gasteiger charge is -1.92. The van der Waals surface area contributed by atoms with Crippen LogP contribution in [-0.4, -0.2) is 4.86 Å². The van der Waals surface area contributed by atoms with Gasteiger partial charge in [0, 0.05) is 12.1 Å². The molecule has 1 rings (SSSR count). The second-order valence-corrected chi connectivity index (χ2v) is 1.68. The van der Waals surface area contributed by atoms with E-state index in [0.29, 0.717) is 0 Å². The highest BCUT2D eigenvalue weighted by Gasteiger charge is 1.98. The lowest BCUT2D eigenvalue weighted by atomic mass is 10.3. The molecule has 1 aromatic carbocycles. The zero-order valence-corrected chi connectivity index (χ0v) is 5.07. The molecule has 1 aromatic rings. The monoisotopic (exact) mass is 140 g/mol.